The van der Waals surface area contributed by atoms with E-state index in [1.165, 1.54) is 24.9 Å². The molecule has 0 bridgehead atoms. The van der Waals surface area contributed by atoms with Gasteiger partial charge in [-0.2, -0.15) is 0 Å². The Morgan fingerprint density at radius 3 is 2.49 bits per heavy atom. The van der Waals surface area contributed by atoms with Gasteiger partial charge >= 0.3 is 0 Å². The molecule has 1 fully saturated rings. The number of nitrogens with zero attached hydrogens (tertiary/aromatic N) is 4. The molecule has 3 heterocycles. The Morgan fingerprint density at radius 2 is 1.69 bits per heavy atom. The van der Waals surface area contributed by atoms with E-state index in [0.29, 0.717) is 24.7 Å². The molecule has 10 heteroatoms. The first kappa shape index (κ1) is 31.9. The number of fused-ring (bicyclic) bond motifs is 2. The molecule has 3 amide bonds. The summed E-state index contributed by atoms with van der Waals surface area (Å²) in [6, 6.07) is 29.4. The summed E-state index contributed by atoms with van der Waals surface area (Å²) in [6.07, 6.45) is 4.46. The largest absolute Gasteiger partial charge is 0.484 e. The van der Waals surface area contributed by atoms with Crippen LogP contribution in [0.1, 0.15) is 40.7 Å². The van der Waals surface area contributed by atoms with E-state index < -0.39 is 0 Å². The van der Waals surface area contributed by atoms with Crippen LogP contribution in [0.5, 0.6) is 5.75 Å². The lowest BCUT2D eigenvalue weighted by Crippen LogP contribution is -2.40. The first-order chi connectivity index (χ1) is 23.9. The minimum Gasteiger partial charge on any atom is -0.484 e. The van der Waals surface area contributed by atoms with Crippen LogP contribution in [0.2, 0.25) is 0 Å². The average Bonchev–Trinajstić information content (AvgIpc) is 3.73. The van der Waals surface area contributed by atoms with E-state index in [9.17, 15) is 14.4 Å². The van der Waals surface area contributed by atoms with Crippen molar-refractivity contribution in [1.82, 2.24) is 20.2 Å². The molecule has 0 atom stereocenters. The Balaban J connectivity index is 0.919. The van der Waals surface area contributed by atoms with Crippen molar-refractivity contribution < 1.29 is 19.1 Å². The number of ether oxygens (including phenoxy) is 1. The van der Waals surface area contributed by atoms with Crippen LogP contribution in [0.25, 0.3) is 22.4 Å². The fourth-order valence-electron chi connectivity index (χ4n) is 6.45. The maximum atomic E-state index is 13.4. The van der Waals surface area contributed by atoms with E-state index >= 15 is 0 Å². The molecule has 2 N–H and O–H groups in total. The van der Waals surface area contributed by atoms with Gasteiger partial charge in [-0.15, -0.1) is 0 Å². The van der Waals surface area contributed by atoms with Gasteiger partial charge in [-0.1, -0.05) is 30.3 Å². The van der Waals surface area contributed by atoms with Gasteiger partial charge in [0.05, 0.1) is 24.1 Å². The maximum Gasteiger partial charge on any atom is 0.258 e. The fourth-order valence-corrected chi connectivity index (χ4v) is 6.45. The maximum absolute atomic E-state index is 13.4. The van der Waals surface area contributed by atoms with Gasteiger partial charge in [0.25, 0.3) is 11.8 Å². The van der Waals surface area contributed by atoms with E-state index in [-0.39, 0.29) is 30.9 Å². The second-order valence-electron chi connectivity index (χ2n) is 12.7. The summed E-state index contributed by atoms with van der Waals surface area (Å²) in [6.45, 7) is 2.97. The van der Waals surface area contributed by atoms with Crippen molar-refractivity contribution in [1.29, 1.82) is 0 Å². The summed E-state index contributed by atoms with van der Waals surface area (Å²) >= 11 is 0. The lowest BCUT2D eigenvalue weighted by atomic mass is 10.1. The van der Waals surface area contributed by atoms with Crippen LogP contribution in [0.3, 0.4) is 0 Å². The van der Waals surface area contributed by atoms with Gasteiger partial charge in [-0.05, 0) is 97.5 Å². The number of rotatable bonds is 11. The monoisotopic (exact) mass is 656 g/mol. The van der Waals surface area contributed by atoms with Crippen LogP contribution in [0.15, 0.2) is 91.0 Å². The predicted molar refractivity (Wildman–Crippen MR) is 191 cm³/mol. The van der Waals surface area contributed by atoms with E-state index in [0.717, 1.165) is 58.5 Å². The Hall–Kier alpha value is -5.64. The highest BCUT2D eigenvalue weighted by Crippen LogP contribution is 2.33. The molecule has 0 aliphatic carbocycles. The molecule has 5 aromatic rings. The molecule has 1 saturated heterocycles. The number of aromatic amines is 1. The molecule has 0 saturated carbocycles. The number of hydrogen-bond acceptors (Lipinski definition) is 6. The van der Waals surface area contributed by atoms with Gasteiger partial charge in [-0.3, -0.25) is 14.4 Å². The normalized spacial score (nSPS) is 14.2. The fraction of sp³-hybridized carbons (Fsp3) is 0.282. The number of amides is 3. The number of carbonyl (C=O) groups is 3. The summed E-state index contributed by atoms with van der Waals surface area (Å²) in [5.74, 6) is 0.698. The first-order valence-corrected chi connectivity index (χ1v) is 16.9. The van der Waals surface area contributed by atoms with Crippen molar-refractivity contribution in [3.63, 3.8) is 0 Å². The first-order valence-electron chi connectivity index (χ1n) is 16.9. The van der Waals surface area contributed by atoms with Crippen LogP contribution in [-0.2, 0) is 22.6 Å². The van der Waals surface area contributed by atoms with Gasteiger partial charge in [-0.25, -0.2) is 4.98 Å². The molecule has 2 aliphatic rings. The molecular weight excluding hydrogens is 616 g/mol. The highest BCUT2D eigenvalue weighted by atomic mass is 16.5. The summed E-state index contributed by atoms with van der Waals surface area (Å²) < 4.78 is 5.66. The number of hydrogen-bond donors (Lipinski definition) is 2. The van der Waals surface area contributed by atoms with Gasteiger partial charge in [0, 0.05) is 49.2 Å². The Labute approximate surface area is 285 Å². The Kier molecular flexibility index (Phi) is 9.27. The molecule has 0 spiro atoms. The molecular formula is C39H40N6O4. The van der Waals surface area contributed by atoms with Crippen molar-refractivity contribution in [2.75, 3.05) is 49.6 Å². The zero-order chi connectivity index (χ0) is 33.7. The van der Waals surface area contributed by atoms with Crippen LogP contribution in [0, 0.1) is 0 Å². The Bertz CT molecular complexity index is 1970. The summed E-state index contributed by atoms with van der Waals surface area (Å²) in [4.78, 5) is 52.2. The number of H-pyrrole nitrogens is 1. The zero-order valence-electron chi connectivity index (χ0n) is 27.7. The molecule has 7 rings (SSSR count). The van der Waals surface area contributed by atoms with Gasteiger partial charge in [0.15, 0.2) is 6.61 Å². The van der Waals surface area contributed by atoms with Crippen molar-refractivity contribution >= 4 is 40.1 Å². The molecule has 49 heavy (non-hydrogen) atoms. The lowest BCUT2D eigenvalue weighted by Gasteiger charge is -2.29. The number of aromatic nitrogens is 2. The van der Waals surface area contributed by atoms with Gasteiger partial charge < -0.3 is 29.7 Å². The van der Waals surface area contributed by atoms with Crippen LogP contribution in [0.4, 0.5) is 11.4 Å². The molecule has 0 radical (unpaired) electrons. The molecule has 10 nitrogen and oxygen atoms in total. The third kappa shape index (κ3) is 7.28. The molecule has 4 aromatic carbocycles. The van der Waals surface area contributed by atoms with Crippen molar-refractivity contribution in [2.24, 2.45) is 0 Å². The topological polar surface area (TPSA) is 111 Å². The minimum atomic E-state index is -0.371. The summed E-state index contributed by atoms with van der Waals surface area (Å²) in [5, 5.41) is 2.64. The van der Waals surface area contributed by atoms with E-state index in [1.807, 2.05) is 71.6 Å². The number of carbonyl (C=O) groups excluding carboxylic acids is 3. The second-order valence-corrected chi connectivity index (χ2v) is 12.7. The molecule has 250 valence electrons. The molecule has 1 aromatic heterocycles. The smallest absolute Gasteiger partial charge is 0.258 e. The van der Waals surface area contributed by atoms with Crippen molar-refractivity contribution in [3.05, 3.63) is 108 Å². The van der Waals surface area contributed by atoms with Crippen LogP contribution >= 0.6 is 0 Å². The van der Waals surface area contributed by atoms with Crippen LogP contribution < -0.4 is 19.9 Å². The second kappa shape index (κ2) is 14.2. The predicted octanol–water partition coefficient (Wildman–Crippen LogP) is 5.58. The average molecular weight is 657 g/mol. The number of nitrogens with one attached hydrogen (secondary N) is 2. The highest BCUT2D eigenvalue weighted by Gasteiger charge is 2.29. The minimum absolute atomic E-state index is 0.0151. The molecule has 0 unspecified atom stereocenters. The SMILES string of the molecule is CN(CCc1ccccc1)C(=O)CNC(=O)COc1ccc(-c2nc3ccc(N4Cc5cc(N6CCCCC6)ccc5C4=O)cc3[nH]2)cc1. The van der Waals surface area contributed by atoms with Crippen molar-refractivity contribution in [3.8, 4) is 17.1 Å². The summed E-state index contributed by atoms with van der Waals surface area (Å²) in [7, 11) is 1.73. The summed E-state index contributed by atoms with van der Waals surface area (Å²) in [5.41, 5.74) is 7.50. The van der Waals surface area contributed by atoms with E-state index in [2.05, 4.69) is 27.3 Å². The third-order valence-electron chi connectivity index (χ3n) is 9.33. The zero-order valence-corrected chi connectivity index (χ0v) is 27.7. The van der Waals surface area contributed by atoms with Gasteiger partial charge in [0.1, 0.15) is 11.6 Å². The number of anilines is 2. The quantitative estimate of drug-likeness (QED) is 0.192. The number of benzene rings is 4. The number of likely N-dealkylation sites (N-methyl/N-ethyl adjacent to an activating group) is 1. The lowest BCUT2D eigenvalue weighted by molar-refractivity contribution is -0.132. The van der Waals surface area contributed by atoms with E-state index in [4.69, 9.17) is 9.72 Å². The molecule has 2 aliphatic heterocycles. The standard InChI is InChI=1S/C39H40N6O4/c1-43(21-18-27-8-4-2-5-9-27)37(47)24-40-36(46)26-49-32-14-10-28(11-15-32)38-41-34-17-13-31(23-35(34)42-38)45-25-29-22-30(12-16-33(29)39(45)48)44-19-6-3-7-20-44/h2,4-5,8-17,22-23H,3,6-7,18-21,24-26H2,1H3,(H,40,46)(H,41,42). The number of piperidine rings is 1. The van der Waals surface area contributed by atoms with E-state index in [1.54, 1.807) is 24.1 Å². The van der Waals surface area contributed by atoms with Crippen LogP contribution in [-0.4, -0.2) is 72.4 Å². The van der Waals surface area contributed by atoms with Crippen molar-refractivity contribution in [2.45, 2.75) is 32.2 Å². The van der Waals surface area contributed by atoms with Gasteiger partial charge in [0.2, 0.25) is 5.91 Å². The third-order valence-corrected chi connectivity index (χ3v) is 9.33. The number of imidazole rings is 1. The highest BCUT2D eigenvalue weighted by molar-refractivity contribution is 6.10. The Morgan fingerprint density at radius 1 is 0.918 bits per heavy atom.